The Morgan fingerprint density at radius 3 is 1.23 bits per heavy atom. The molecule has 0 unspecified atom stereocenters. The first-order valence-corrected chi connectivity index (χ1v) is 27.2. The Labute approximate surface area is 394 Å². The predicted octanol–water partition coefficient (Wildman–Crippen LogP) is 14.0. The molecule has 0 spiro atoms. The van der Waals surface area contributed by atoms with Crippen LogP contribution in [0.1, 0.15) is 266 Å². The largest absolute Gasteiger partial charge is 0.465 e. The maximum absolute atomic E-state index is 13.2. The number of hydrogen-bond acceptors (Lipinski definition) is 10. The highest BCUT2D eigenvalue weighted by Gasteiger charge is 2.46. The van der Waals surface area contributed by atoms with Gasteiger partial charge in [-0.05, 0) is 84.2 Å². The van der Waals surface area contributed by atoms with Gasteiger partial charge in [0.1, 0.15) is 12.7 Å². The van der Waals surface area contributed by atoms with Gasteiger partial charge in [-0.3, -0.25) is 19.2 Å². The molecule has 0 amide bonds. The van der Waals surface area contributed by atoms with Crippen LogP contribution in [0, 0.1) is 5.41 Å². The van der Waals surface area contributed by atoms with E-state index < -0.39 is 29.9 Å². The molecule has 0 saturated carbocycles. The molecule has 0 rings (SSSR count). The minimum Gasteiger partial charge on any atom is -0.465 e. The fraction of sp³-hybridized carbons (Fsp3) is 0.926. The van der Waals surface area contributed by atoms with Crippen LogP contribution in [0.5, 0.6) is 0 Å². The third kappa shape index (κ3) is 37.0. The van der Waals surface area contributed by atoms with Gasteiger partial charge in [0, 0.05) is 19.4 Å². The monoisotopic (exact) mass is 910 g/mol. The van der Waals surface area contributed by atoms with Crippen molar-refractivity contribution < 1.29 is 43.2 Å². The van der Waals surface area contributed by atoms with Gasteiger partial charge in [-0.15, -0.1) is 0 Å². The Morgan fingerprint density at radius 2 is 0.797 bits per heavy atom. The maximum atomic E-state index is 13.2. The zero-order chi connectivity index (χ0) is 47.2. The van der Waals surface area contributed by atoms with Crippen molar-refractivity contribution in [3.63, 3.8) is 0 Å². The van der Waals surface area contributed by atoms with Crippen molar-refractivity contribution in [3.8, 4) is 0 Å². The average molecular weight is 910 g/mol. The predicted molar refractivity (Wildman–Crippen MR) is 263 cm³/mol. The number of ether oxygens (including phenoxy) is 4. The number of esters is 4. The standard InChI is InChI=1S/C54H103NO9/c1-6-10-14-18-23-30-38-49(39-31-24-19-15-11-7-2)64-51(58)41-32-25-22-26-34-42-55(44-45-56)43-35-29-33-40-50(57)63-48-54(5,52(59)61-46-36-27-20-16-12-8-3)53(60)62-47-37-28-21-17-13-9-4/h49,56H,6-48H2,1-5H3. The van der Waals surface area contributed by atoms with E-state index in [-0.39, 0.29) is 38.3 Å². The summed E-state index contributed by atoms with van der Waals surface area (Å²) in [4.78, 5) is 54.3. The molecule has 0 aromatic carbocycles. The van der Waals surface area contributed by atoms with E-state index in [1.807, 2.05) is 0 Å². The molecular formula is C54H103NO9. The zero-order valence-corrected chi connectivity index (χ0v) is 42.6. The van der Waals surface area contributed by atoms with E-state index in [1.165, 1.54) is 96.8 Å². The van der Waals surface area contributed by atoms with E-state index in [9.17, 15) is 24.3 Å². The highest BCUT2D eigenvalue weighted by Crippen LogP contribution is 2.24. The smallest absolute Gasteiger partial charge is 0.326 e. The normalized spacial score (nSPS) is 11.7. The van der Waals surface area contributed by atoms with Gasteiger partial charge >= 0.3 is 23.9 Å². The molecule has 0 aliphatic heterocycles. The van der Waals surface area contributed by atoms with Crippen LogP contribution in [0.15, 0.2) is 0 Å². The van der Waals surface area contributed by atoms with Crippen LogP contribution >= 0.6 is 0 Å². The molecule has 0 aliphatic rings. The minimum atomic E-state index is -1.71. The summed E-state index contributed by atoms with van der Waals surface area (Å²) >= 11 is 0. The molecule has 10 heteroatoms. The molecule has 0 saturated heterocycles. The Balaban J connectivity index is 4.59. The molecule has 0 fully saturated rings. The summed E-state index contributed by atoms with van der Waals surface area (Å²) in [5.74, 6) is -1.88. The lowest BCUT2D eigenvalue weighted by atomic mass is 9.92. The van der Waals surface area contributed by atoms with Crippen molar-refractivity contribution in [3.05, 3.63) is 0 Å². The Hall–Kier alpha value is -2.20. The van der Waals surface area contributed by atoms with Gasteiger partial charge in [-0.25, -0.2) is 0 Å². The average Bonchev–Trinajstić information content (AvgIpc) is 3.28. The first kappa shape index (κ1) is 61.8. The molecular weight excluding hydrogens is 807 g/mol. The van der Waals surface area contributed by atoms with E-state index >= 15 is 0 Å². The van der Waals surface area contributed by atoms with Crippen LogP contribution in [0.4, 0.5) is 0 Å². The summed E-state index contributed by atoms with van der Waals surface area (Å²) in [5, 5.41) is 9.67. The van der Waals surface area contributed by atoms with Crippen LogP contribution in [-0.2, 0) is 38.1 Å². The highest BCUT2D eigenvalue weighted by atomic mass is 16.6. The van der Waals surface area contributed by atoms with Gasteiger partial charge in [0.25, 0.3) is 0 Å². The van der Waals surface area contributed by atoms with Crippen molar-refractivity contribution >= 4 is 23.9 Å². The molecule has 0 heterocycles. The Bertz CT molecular complexity index is 1040. The van der Waals surface area contributed by atoms with Gasteiger partial charge in [0.2, 0.25) is 0 Å². The zero-order valence-electron chi connectivity index (χ0n) is 42.6. The second kappa shape index (κ2) is 45.9. The molecule has 0 aromatic rings. The van der Waals surface area contributed by atoms with Crippen LogP contribution in [0.3, 0.4) is 0 Å². The third-order valence-electron chi connectivity index (χ3n) is 12.6. The van der Waals surface area contributed by atoms with Gasteiger partial charge in [0.05, 0.1) is 19.8 Å². The summed E-state index contributed by atoms with van der Waals surface area (Å²) in [6, 6.07) is 0. The number of nitrogens with zero attached hydrogens (tertiary/aromatic N) is 1. The molecule has 378 valence electrons. The quantitative estimate of drug-likeness (QED) is 0.0273. The van der Waals surface area contributed by atoms with Gasteiger partial charge in [0.15, 0.2) is 5.41 Å². The van der Waals surface area contributed by atoms with E-state index in [4.69, 9.17) is 18.9 Å². The topological polar surface area (TPSA) is 129 Å². The number of unbranched alkanes of at least 4 members (excludes halogenated alkanes) is 26. The molecule has 0 atom stereocenters. The second-order valence-electron chi connectivity index (χ2n) is 18.9. The molecule has 0 aliphatic carbocycles. The van der Waals surface area contributed by atoms with E-state index in [0.29, 0.717) is 19.4 Å². The number of aliphatic hydroxyl groups excluding tert-OH is 1. The minimum absolute atomic E-state index is 0.0274. The van der Waals surface area contributed by atoms with E-state index in [2.05, 4.69) is 32.6 Å². The van der Waals surface area contributed by atoms with Crippen molar-refractivity contribution in [2.45, 2.75) is 272 Å². The number of aliphatic hydroxyl groups is 1. The molecule has 0 aromatic heterocycles. The van der Waals surface area contributed by atoms with E-state index in [1.54, 1.807) is 0 Å². The lowest BCUT2D eigenvalue weighted by Gasteiger charge is -2.25. The van der Waals surface area contributed by atoms with Gasteiger partial charge in [-0.1, -0.05) is 182 Å². The highest BCUT2D eigenvalue weighted by molar-refractivity contribution is 6.00. The first-order valence-electron chi connectivity index (χ1n) is 27.2. The van der Waals surface area contributed by atoms with Crippen LogP contribution in [-0.4, -0.2) is 86.0 Å². The molecule has 0 radical (unpaired) electrons. The van der Waals surface area contributed by atoms with Gasteiger partial charge in [-0.2, -0.15) is 0 Å². The Kier molecular flexibility index (Phi) is 44.4. The second-order valence-corrected chi connectivity index (χ2v) is 18.9. The number of carbonyl (C=O) groups is 4. The molecule has 1 N–H and O–H groups in total. The summed E-state index contributed by atoms with van der Waals surface area (Å²) in [6.45, 7) is 12.8. The van der Waals surface area contributed by atoms with Crippen molar-refractivity contribution in [1.82, 2.24) is 4.90 Å². The third-order valence-corrected chi connectivity index (χ3v) is 12.6. The fourth-order valence-corrected chi connectivity index (χ4v) is 8.12. The number of carbonyl (C=O) groups excluding carboxylic acids is 4. The molecule has 10 nitrogen and oxygen atoms in total. The number of rotatable bonds is 49. The fourth-order valence-electron chi connectivity index (χ4n) is 8.12. The summed E-state index contributed by atoms with van der Waals surface area (Å²) in [5.41, 5.74) is -1.71. The number of hydrogen-bond donors (Lipinski definition) is 1. The van der Waals surface area contributed by atoms with Crippen LogP contribution < -0.4 is 0 Å². The van der Waals surface area contributed by atoms with Gasteiger partial charge < -0.3 is 29.0 Å². The summed E-state index contributed by atoms with van der Waals surface area (Å²) < 4.78 is 22.6. The first-order chi connectivity index (χ1) is 31.2. The summed E-state index contributed by atoms with van der Waals surface area (Å²) in [7, 11) is 0. The van der Waals surface area contributed by atoms with Crippen molar-refractivity contribution in [2.75, 3.05) is 46.1 Å². The Morgan fingerprint density at radius 1 is 0.438 bits per heavy atom. The SMILES string of the molecule is CCCCCCCCOC(=O)C(C)(COC(=O)CCCCCN(CCO)CCCCCCCC(=O)OC(CCCCCCCC)CCCCCCCC)C(=O)OCCCCCCCC. The molecule has 64 heavy (non-hydrogen) atoms. The summed E-state index contributed by atoms with van der Waals surface area (Å²) in [6.07, 6.45) is 37.9. The van der Waals surface area contributed by atoms with Crippen molar-refractivity contribution in [1.29, 1.82) is 0 Å². The van der Waals surface area contributed by atoms with Crippen LogP contribution in [0.25, 0.3) is 0 Å². The van der Waals surface area contributed by atoms with Crippen LogP contribution in [0.2, 0.25) is 0 Å². The maximum Gasteiger partial charge on any atom is 0.326 e. The lowest BCUT2D eigenvalue weighted by molar-refractivity contribution is -0.177. The molecule has 0 bridgehead atoms. The van der Waals surface area contributed by atoms with Crippen molar-refractivity contribution in [2.24, 2.45) is 5.41 Å². The lowest BCUT2D eigenvalue weighted by Crippen LogP contribution is -2.44. The van der Waals surface area contributed by atoms with E-state index in [0.717, 1.165) is 135 Å².